The molecule has 0 aromatic rings. The lowest BCUT2D eigenvalue weighted by molar-refractivity contribution is -0.149. The Morgan fingerprint density at radius 1 is 0.944 bits per heavy atom. The van der Waals surface area contributed by atoms with Gasteiger partial charge in [0.1, 0.15) is 12.2 Å². The van der Waals surface area contributed by atoms with Gasteiger partial charge in [0.25, 0.3) is 0 Å². The first-order valence-corrected chi connectivity index (χ1v) is 5.55. The van der Waals surface area contributed by atoms with E-state index in [4.69, 9.17) is 18.9 Å². The standard InChI is InChI=1S/C12H14O6/c1-3-9(13)17-7-5-15-12-8(6-16-11(7)12)18-10(14)4-2/h3-4,7-8,11-12H,1-2,5-6H2/t7-,8-,11-,12?/m1/s1. The minimum absolute atomic E-state index is 0.219. The van der Waals surface area contributed by atoms with Crippen LogP contribution in [0, 0.1) is 0 Å². The molecule has 0 saturated carbocycles. The van der Waals surface area contributed by atoms with E-state index in [1.54, 1.807) is 0 Å². The lowest BCUT2D eigenvalue weighted by atomic mass is 10.1. The van der Waals surface area contributed by atoms with Crippen molar-refractivity contribution in [1.82, 2.24) is 0 Å². The molecule has 2 rings (SSSR count). The predicted molar refractivity (Wildman–Crippen MR) is 59.6 cm³/mol. The zero-order valence-electron chi connectivity index (χ0n) is 9.74. The van der Waals surface area contributed by atoms with E-state index in [2.05, 4.69) is 13.2 Å². The van der Waals surface area contributed by atoms with E-state index in [9.17, 15) is 9.59 Å². The summed E-state index contributed by atoms with van der Waals surface area (Å²) in [6.07, 6.45) is 0.364. The molecule has 2 fully saturated rings. The number of rotatable bonds is 4. The van der Waals surface area contributed by atoms with E-state index in [1.807, 2.05) is 0 Å². The molecule has 0 spiro atoms. The SMILES string of the molecule is C=CC(=O)O[C@@H]1CO[C@H]2C1OC[C@H]2OC(=O)C=C. The topological polar surface area (TPSA) is 71.1 Å². The van der Waals surface area contributed by atoms with Crippen molar-refractivity contribution in [3.05, 3.63) is 25.3 Å². The van der Waals surface area contributed by atoms with E-state index in [1.165, 1.54) is 0 Å². The van der Waals surface area contributed by atoms with E-state index < -0.39 is 36.4 Å². The van der Waals surface area contributed by atoms with Gasteiger partial charge in [-0.05, 0) is 0 Å². The Kier molecular flexibility index (Phi) is 3.78. The second-order valence-electron chi connectivity index (χ2n) is 3.95. The van der Waals surface area contributed by atoms with Crippen LogP contribution in [0.2, 0.25) is 0 Å². The van der Waals surface area contributed by atoms with Crippen molar-refractivity contribution in [1.29, 1.82) is 0 Å². The zero-order chi connectivity index (χ0) is 13.1. The lowest BCUT2D eigenvalue weighted by Gasteiger charge is -2.16. The summed E-state index contributed by atoms with van der Waals surface area (Å²) in [6, 6.07) is 0. The molecular formula is C12H14O6. The molecule has 0 radical (unpaired) electrons. The van der Waals surface area contributed by atoms with Gasteiger partial charge in [-0.2, -0.15) is 0 Å². The van der Waals surface area contributed by atoms with Crippen LogP contribution in [-0.4, -0.2) is 49.6 Å². The maximum absolute atomic E-state index is 11.1. The summed E-state index contributed by atoms with van der Waals surface area (Å²) in [5, 5.41) is 0. The van der Waals surface area contributed by atoms with Gasteiger partial charge in [-0.3, -0.25) is 0 Å². The van der Waals surface area contributed by atoms with Crippen LogP contribution >= 0.6 is 0 Å². The number of ether oxygens (including phenoxy) is 4. The van der Waals surface area contributed by atoms with Crippen molar-refractivity contribution in [2.24, 2.45) is 0 Å². The average Bonchev–Trinajstić information content (AvgIpc) is 2.93. The molecule has 6 heteroatoms. The lowest BCUT2D eigenvalue weighted by Crippen LogP contribution is -2.35. The number of hydrogen-bond donors (Lipinski definition) is 0. The fraction of sp³-hybridized carbons (Fsp3) is 0.500. The van der Waals surface area contributed by atoms with Gasteiger partial charge >= 0.3 is 11.9 Å². The Morgan fingerprint density at radius 3 is 1.67 bits per heavy atom. The summed E-state index contributed by atoms with van der Waals surface area (Å²) in [4.78, 5) is 22.2. The normalized spacial score (nSPS) is 33.6. The molecule has 2 heterocycles. The first-order chi connectivity index (χ1) is 8.65. The highest BCUT2D eigenvalue weighted by Crippen LogP contribution is 2.30. The predicted octanol–water partition coefficient (Wildman–Crippen LogP) is -0.0204. The van der Waals surface area contributed by atoms with Gasteiger partial charge in [-0.25, -0.2) is 9.59 Å². The third kappa shape index (κ3) is 2.44. The van der Waals surface area contributed by atoms with Crippen LogP contribution in [0.15, 0.2) is 25.3 Å². The molecular weight excluding hydrogens is 240 g/mol. The van der Waals surface area contributed by atoms with Gasteiger partial charge in [-0.15, -0.1) is 0 Å². The van der Waals surface area contributed by atoms with Crippen LogP contribution in [0.1, 0.15) is 0 Å². The molecule has 6 nitrogen and oxygen atoms in total. The van der Waals surface area contributed by atoms with Crippen molar-refractivity contribution < 1.29 is 28.5 Å². The fourth-order valence-electron chi connectivity index (χ4n) is 2.03. The number of fused-ring (bicyclic) bond motifs is 1. The first kappa shape index (κ1) is 12.8. The van der Waals surface area contributed by atoms with Crippen molar-refractivity contribution in [3.8, 4) is 0 Å². The largest absolute Gasteiger partial charge is 0.454 e. The van der Waals surface area contributed by atoms with Gasteiger partial charge in [0.15, 0.2) is 12.2 Å². The highest BCUT2D eigenvalue weighted by atomic mass is 16.7. The van der Waals surface area contributed by atoms with E-state index in [-0.39, 0.29) is 13.2 Å². The number of carbonyl (C=O) groups excluding carboxylic acids is 2. The molecule has 1 unspecified atom stereocenters. The Bertz CT molecular complexity index is 341. The van der Waals surface area contributed by atoms with Crippen LogP contribution in [0.5, 0.6) is 0 Å². The monoisotopic (exact) mass is 254 g/mol. The van der Waals surface area contributed by atoms with Gasteiger partial charge in [0, 0.05) is 12.2 Å². The minimum atomic E-state index is -0.528. The number of esters is 2. The van der Waals surface area contributed by atoms with Crippen LogP contribution < -0.4 is 0 Å². The van der Waals surface area contributed by atoms with E-state index >= 15 is 0 Å². The second-order valence-corrected chi connectivity index (χ2v) is 3.95. The van der Waals surface area contributed by atoms with Crippen molar-refractivity contribution >= 4 is 11.9 Å². The van der Waals surface area contributed by atoms with Crippen LogP contribution in [-0.2, 0) is 28.5 Å². The molecule has 0 bridgehead atoms. The average molecular weight is 254 g/mol. The van der Waals surface area contributed by atoms with E-state index in [0.29, 0.717) is 0 Å². The molecule has 0 aliphatic carbocycles. The Morgan fingerprint density at radius 2 is 1.33 bits per heavy atom. The highest BCUT2D eigenvalue weighted by Gasteiger charge is 2.50. The second kappa shape index (κ2) is 5.32. The number of hydrogen-bond acceptors (Lipinski definition) is 6. The molecule has 98 valence electrons. The summed E-state index contributed by atoms with van der Waals surface area (Å²) in [5.74, 6) is -1.06. The third-order valence-corrected chi connectivity index (χ3v) is 2.83. The smallest absolute Gasteiger partial charge is 0.330 e. The number of carbonyl (C=O) groups is 2. The maximum atomic E-state index is 11.1. The molecule has 0 aromatic carbocycles. The zero-order valence-corrected chi connectivity index (χ0v) is 9.74. The van der Waals surface area contributed by atoms with Crippen LogP contribution in [0.25, 0.3) is 0 Å². The van der Waals surface area contributed by atoms with Gasteiger partial charge in [0.05, 0.1) is 13.2 Å². The van der Waals surface area contributed by atoms with E-state index in [0.717, 1.165) is 12.2 Å². The van der Waals surface area contributed by atoms with Crippen molar-refractivity contribution in [2.45, 2.75) is 24.4 Å². The van der Waals surface area contributed by atoms with Crippen LogP contribution in [0.4, 0.5) is 0 Å². The molecule has 0 aromatic heterocycles. The molecule has 4 atom stereocenters. The summed E-state index contributed by atoms with van der Waals surface area (Å²) < 4.78 is 21.1. The summed E-state index contributed by atoms with van der Waals surface area (Å²) in [5.41, 5.74) is 0. The van der Waals surface area contributed by atoms with Crippen LogP contribution in [0.3, 0.4) is 0 Å². The Labute approximate surface area is 104 Å². The Hall–Kier alpha value is -1.66. The van der Waals surface area contributed by atoms with Gasteiger partial charge in [-0.1, -0.05) is 13.2 Å². The van der Waals surface area contributed by atoms with Crippen molar-refractivity contribution in [3.63, 3.8) is 0 Å². The first-order valence-electron chi connectivity index (χ1n) is 5.55. The quantitative estimate of drug-likeness (QED) is 0.518. The molecule has 2 aliphatic rings. The Balaban J connectivity index is 1.94. The van der Waals surface area contributed by atoms with Gasteiger partial charge < -0.3 is 18.9 Å². The van der Waals surface area contributed by atoms with Crippen molar-refractivity contribution in [2.75, 3.05) is 13.2 Å². The molecule has 2 aliphatic heterocycles. The molecule has 0 N–H and O–H groups in total. The van der Waals surface area contributed by atoms with Gasteiger partial charge in [0.2, 0.25) is 0 Å². The third-order valence-electron chi connectivity index (χ3n) is 2.83. The fourth-order valence-corrected chi connectivity index (χ4v) is 2.03. The summed E-state index contributed by atoms with van der Waals surface area (Å²) >= 11 is 0. The minimum Gasteiger partial charge on any atom is -0.454 e. The highest BCUT2D eigenvalue weighted by molar-refractivity contribution is 5.81. The molecule has 2 saturated heterocycles. The summed E-state index contributed by atoms with van der Waals surface area (Å²) in [6.45, 7) is 7.07. The molecule has 18 heavy (non-hydrogen) atoms. The summed E-state index contributed by atoms with van der Waals surface area (Å²) in [7, 11) is 0. The maximum Gasteiger partial charge on any atom is 0.330 e. The molecule has 0 amide bonds.